The van der Waals surface area contributed by atoms with Crippen LogP contribution in [0.2, 0.25) is 0 Å². The molecule has 0 radical (unpaired) electrons. The van der Waals surface area contributed by atoms with Crippen molar-refractivity contribution in [3.63, 3.8) is 0 Å². The Morgan fingerprint density at radius 1 is 1.13 bits per heavy atom. The van der Waals surface area contributed by atoms with Gasteiger partial charge in [0.05, 0.1) is 21.8 Å². The summed E-state index contributed by atoms with van der Waals surface area (Å²) >= 11 is 1.55. The molecule has 0 unspecified atom stereocenters. The number of benzene rings is 2. The molecule has 0 N–H and O–H groups in total. The number of piperidine rings is 1. The van der Waals surface area contributed by atoms with Gasteiger partial charge < -0.3 is 9.64 Å². The second kappa shape index (κ2) is 6.80. The molecule has 3 aliphatic rings. The highest BCUT2D eigenvalue weighted by Gasteiger charge is 2.50. The van der Waals surface area contributed by atoms with E-state index in [1.165, 1.54) is 11.1 Å². The first-order chi connectivity index (χ1) is 14.7. The van der Waals surface area contributed by atoms with Gasteiger partial charge in [-0.3, -0.25) is 9.69 Å². The van der Waals surface area contributed by atoms with E-state index in [1.54, 1.807) is 16.8 Å². The monoisotopic (exact) mass is 419 g/mol. The zero-order valence-corrected chi connectivity index (χ0v) is 17.2. The SMILES string of the molecule is O=C(c1ccc2ncsc2c1)N1CCC(N2C(=O)O[C@H]3Cc4ccccc4[C@H]32)CC1. The fraction of sp³-hybridized carbons (Fsp3) is 0.348. The third-order valence-corrected chi connectivity index (χ3v) is 7.42. The summed E-state index contributed by atoms with van der Waals surface area (Å²) in [5, 5.41) is 0. The maximum atomic E-state index is 13.0. The van der Waals surface area contributed by atoms with E-state index in [9.17, 15) is 9.59 Å². The first kappa shape index (κ1) is 17.9. The molecule has 6 nitrogen and oxygen atoms in total. The highest BCUT2D eigenvalue weighted by Crippen LogP contribution is 2.44. The number of likely N-dealkylation sites (tertiary alicyclic amines) is 1. The van der Waals surface area contributed by atoms with Gasteiger partial charge in [-0.15, -0.1) is 11.3 Å². The minimum absolute atomic E-state index is 0.00897. The first-order valence-electron chi connectivity index (χ1n) is 10.4. The van der Waals surface area contributed by atoms with Crippen LogP contribution in [0.3, 0.4) is 0 Å². The second-order valence-corrected chi connectivity index (χ2v) is 9.12. The lowest BCUT2D eigenvalue weighted by Gasteiger charge is -2.38. The first-order valence-corrected chi connectivity index (χ1v) is 11.3. The van der Waals surface area contributed by atoms with E-state index in [-0.39, 0.29) is 30.2 Å². The van der Waals surface area contributed by atoms with Gasteiger partial charge in [0.25, 0.3) is 5.91 Å². The fourth-order valence-electron chi connectivity index (χ4n) is 5.17. The molecule has 0 saturated carbocycles. The van der Waals surface area contributed by atoms with Crippen molar-refractivity contribution in [1.29, 1.82) is 0 Å². The summed E-state index contributed by atoms with van der Waals surface area (Å²) < 4.78 is 6.74. The molecular formula is C23H21N3O3S. The van der Waals surface area contributed by atoms with Crippen LogP contribution in [-0.4, -0.2) is 52.0 Å². The predicted octanol–water partition coefficient (Wildman–Crippen LogP) is 4.02. The van der Waals surface area contributed by atoms with E-state index in [1.807, 2.05) is 40.1 Å². The van der Waals surface area contributed by atoms with Crippen LogP contribution in [0.25, 0.3) is 10.2 Å². The number of hydrogen-bond donors (Lipinski definition) is 0. The van der Waals surface area contributed by atoms with Crippen LogP contribution in [0.5, 0.6) is 0 Å². The van der Waals surface area contributed by atoms with Crippen LogP contribution >= 0.6 is 11.3 Å². The van der Waals surface area contributed by atoms with Crippen molar-refractivity contribution < 1.29 is 14.3 Å². The standard InChI is InChI=1S/C23H21N3O3S/c27-22(15-5-6-18-20(12-15)30-13-24-18)25-9-7-16(8-10-25)26-21-17-4-2-1-3-14(17)11-19(21)29-23(26)28/h1-6,12-13,16,19,21H,7-11H2/t19-,21+/m0/s1. The molecule has 30 heavy (non-hydrogen) atoms. The molecule has 1 aromatic heterocycles. The number of rotatable bonds is 2. The Hall–Kier alpha value is -2.93. The van der Waals surface area contributed by atoms with Crippen LogP contribution in [0.15, 0.2) is 48.0 Å². The third kappa shape index (κ3) is 2.72. The van der Waals surface area contributed by atoms with Crippen LogP contribution in [0, 0.1) is 0 Å². The van der Waals surface area contributed by atoms with Gasteiger partial charge >= 0.3 is 6.09 Å². The molecule has 3 heterocycles. The normalized spacial score (nSPS) is 23.5. The number of hydrogen-bond acceptors (Lipinski definition) is 5. The number of fused-ring (bicyclic) bond motifs is 4. The maximum absolute atomic E-state index is 13.0. The summed E-state index contributed by atoms with van der Waals surface area (Å²) in [6, 6.07) is 14.1. The number of carbonyl (C=O) groups is 2. The Balaban J connectivity index is 1.18. The number of thiazole rings is 1. The van der Waals surface area contributed by atoms with E-state index < -0.39 is 0 Å². The van der Waals surface area contributed by atoms with Gasteiger partial charge in [0.2, 0.25) is 0 Å². The number of ether oxygens (including phenoxy) is 1. The Bertz CT molecular complexity index is 1150. The van der Waals surface area contributed by atoms with Gasteiger partial charge in [0, 0.05) is 31.1 Å². The van der Waals surface area contributed by atoms with Crippen molar-refractivity contribution in [1.82, 2.24) is 14.8 Å². The quantitative estimate of drug-likeness (QED) is 0.629. The van der Waals surface area contributed by atoms with Crippen LogP contribution in [-0.2, 0) is 11.2 Å². The minimum atomic E-state index is -0.208. The molecule has 2 aromatic carbocycles. The average Bonchev–Trinajstić information content (AvgIpc) is 3.46. The van der Waals surface area contributed by atoms with Crippen LogP contribution in [0.1, 0.15) is 40.4 Å². The zero-order chi connectivity index (χ0) is 20.2. The van der Waals surface area contributed by atoms with E-state index in [0.29, 0.717) is 18.7 Å². The van der Waals surface area contributed by atoms with Gasteiger partial charge in [-0.05, 0) is 42.2 Å². The van der Waals surface area contributed by atoms with Gasteiger partial charge in [-0.2, -0.15) is 0 Å². The highest BCUT2D eigenvalue weighted by molar-refractivity contribution is 7.16. The van der Waals surface area contributed by atoms with Crippen molar-refractivity contribution in [2.75, 3.05) is 13.1 Å². The van der Waals surface area contributed by atoms with E-state index in [2.05, 4.69) is 17.1 Å². The number of amides is 2. The number of carbonyl (C=O) groups excluding carboxylic acids is 2. The van der Waals surface area contributed by atoms with Crippen LogP contribution < -0.4 is 0 Å². The summed E-state index contributed by atoms with van der Waals surface area (Å²) in [6.07, 6.45) is 2.05. The summed E-state index contributed by atoms with van der Waals surface area (Å²) in [6.45, 7) is 1.29. The van der Waals surface area contributed by atoms with Gasteiger partial charge in [-0.25, -0.2) is 9.78 Å². The maximum Gasteiger partial charge on any atom is 0.411 e. The summed E-state index contributed by atoms with van der Waals surface area (Å²) in [4.78, 5) is 33.8. The summed E-state index contributed by atoms with van der Waals surface area (Å²) in [5.74, 6) is 0.0526. The number of nitrogens with zero attached hydrogens (tertiary/aromatic N) is 3. The van der Waals surface area contributed by atoms with Crippen molar-refractivity contribution >= 4 is 33.6 Å². The minimum Gasteiger partial charge on any atom is -0.443 e. The molecule has 152 valence electrons. The van der Waals surface area contributed by atoms with E-state index >= 15 is 0 Å². The smallest absolute Gasteiger partial charge is 0.411 e. The Kier molecular flexibility index (Phi) is 4.06. The van der Waals surface area contributed by atoms with Crippen molar-refractivity contribution in [3.05, 3.63) is 64.7 Å². The molecule has 2 amide bonds. The van der Waals surface area contributed by atoms with E-state index in [0.717, 1.165) is 29.5 Å². The van der Waals surface area contributed by atoms with Gasteiger partial charge in [0.15, 0.2) is 0 Å². The molecule has 2 aliphatic heterocycles. The van der Waals surface area contributed by atoms with Crippen LogP contribution in [0.4, 0.5) is 4.79 Å². The van der Waals surface area contributed by atoms with Crippen molar-refractivity contribution in [2.45, 2.75) is 37.5 Å². The average molecular weight is 420 g/mol. The lowest BCUT2D eigenvalue weighted by Crippen LogP contribution is -2.47. The van der Waals surface area contributed by atoms with Crippen molar-refractivity contribution in [3.8, 4) is 0 Å². The highest BCUT2D eigenvalue weighted by atomic mass is 32.1. The molecule has 7 heteroatoms. The molecule has 3 aromatic rings. The Morgan fingerprint density at radius 3 is 2.83 bits per heavy atom. The summed E-state index contributed by atoms with van der Waals surface area (Å²) in [7, 11) is 0. The second-order valence-electron chi connectivity index (χ2n) is 8.24. The lowest BCUT2D eigenvalue weighted by atomic mass is 9.98. The molecular weight excluding hydrogens is 398 g/mol. The molecule has 2 fully saturated rings. The molecule has 1 aliphatic carbocycles. The Labute approximate surface area is 178 Å². The summed E-state index contributed by atoms with van der Waals surface area (Å²) in [5.41, 5.74) is 5.92. The molecule has 6 rings (SSSR count). The van der Waals surface area contributed by atoms with Crippen molar-refractivity contribution in [2.24, 2.45) is 0 Å². The lowest BCUT2D eigenvalue weighted by molar-refractivity contribution is 0.0636. The molecule has 0 bridgehead atoms. The molecule has 2 saturated heterocycles. The van der Waals surface area contributed by atoms with Gasteiger partial charge in [-0.1, -0.05) is 24.3 Å². The molecule has 2 atom stereocenters. The Morgan fingerprint density at radius 2 is 1.97 bits per heavy atom. The zero-order valence-electron chi connectivity index (χ0n) is 16.4. The third-order valence-electron chi connectivity index (χ3n) is 6.63. The molecule has 0 spiro atoms. The largest absolute Gasteiger partial charge is 0.443 e. The van der Waals surface area contributed by atoms with Gasteiger partial charge in [0.1, 0.15) is 6.10 Å². The predicted molar refractivity (Wildman–Crippen MR) is 114 cm³/mol. The fourth-order valence-corrected chi connectivity index (χ4v) is 5.89. The topological polar surface area (TPSA) is 62.7 Å². The number of aromatic nitrogens is 1. The van der Waals surface area contributed by atoms with E-state index in [4.69, 9.17) is 4.74 Å².